The summed E-state index contributed by atoms with van der Waals surface area (Å²) < 4.78 is 0. The minimum Gasteiger partial charge on any atom is -0.392 e. The van der Waals surface area contributed by atoms with Crippen LogP contribution in [0.3, 0.4) is 0 Å². The van der Waals surface area contributed by atoms with Gasteiger partial charge in [0.05, 0.1) is 6.61 Å². The van der Waals surface area contributed by atoms with Crippen LogP contribution in [0.15, 0.2) is 42.5 Å². The number of aliphatic hydroxyl groups excluding tert-OH is 1. The maximum absolute atomic E-state index is 11.9. The first-order valence-corrected chi connectivity index (χ1v) is 7.39. The summed E-state index contributed by atoms with van der Waals surface area (Å²) in [5.74, 6) is 0. The van der Waals surface area contributed by atoms with Crippen LogP contribution >= 0.6 is 0 Å². The Bertz CT molecular complexity index is 636. The van der Waals surface area contributed by atoms with Crippen LogP contribution < -0.4 is 10.6 Å². The van der Waals surface area contributed by atoms with Crippen molar-refractivity contribution in [1.82, 2.24) is 5.32 Å². The van der Waals surface area contributed by atoms with E-state index in [-0.39, 0.29) is 12.6 Å². The van der Waals surface area contributed by atoms with E-state index in [4.69, 9.17) is 5.11 Å². The van der Waals surface area contributed by atoms with E-state index in [1.807, 2.05) is 56.3 Å². The summed E-state index contributed by atoms with van der Waals surface area (Å²) in [7, 11) is 0. The predicted octanol–water partition coefficient (Wildman–Crippen LogP) is 3.16. The molecular formula is C18H22N2O2. The Morgan fingerprint density at radius 3 is 2.36 bits per heavy atom. The Morgan fingerprint density at radius 2 is 1.73 bits per heavy atom. The molecule has 0 spiro atoms. The number of nitrogens with one attached hydrogen (secondary N) is 2. The highest BCUT2D eigenvalue weighted by Crippen LogP contribution is 2.15. The van der Waals surface area contributed by atoms with E-state index in [1.54, 1.807) is 0 Å². The van der Waals surface area contributed by atoms with E-state index in [0.717, 1.165) is 28.8 Å². The van der Waals surface area contributed by atoms with Gasteiger partial charge in [0.1, 0.15) is 0 Å². The van der Waals surface area contributed by atoms with Gasteiger partial charge in [0.15, 0.2) is 0 Å². The van der Waals surface area contributed by atoms with Gasteiger partial charge in [-0.15, -0.1) is 0 Å². The van der Waals surface area contributed by atoms with Gasteiger partial charge in [0.25, 0.3) is 0 Å². The molecule has 0 aromatic heterocycles. The van der Waals surface area contributed by atoms with Crippen molar-refractivity contribution in [3.8, 4) is 0 Å². The zero-order valence-electron chi connectivity index (χ0n) is 13.0. The number of anilines is 1. The lowest BCUT2D eigenvalue weighted by atomic mass is 10.1. The molecule has 0 bridgehead atoms. The Labute approximate surface area is 131 Å². The first-order chi connectivity index (χ1) is 10.6. The Morgan fingerprint density at radius 1 is 1.05 bits per heavy atom. The molecule has 0 aliphatic carbocycles. The fraction of sp³-hybridized carbons (Fsp3) is 0.278. The van der Waals surface area contributed by atoms with Crippen LogP contribution in [-0.4, -0.2) is 17.7 Å². The van der Waals surface area contributed by atoms with Crippen LogP contribution in [0.1, 0.15) is 22.3 Å². The molecule has 0 radical (unpaired) electrons. The number of aryl methyl sites for hydroxylation is 2. The fourth-order valence-electron chi connectivity index (χ4n) is 2.25. The molecule has 0 atom stereocenters. The van der Waals surface area contributed by atoms with Crippen molar-refractivity contribution in [3.63, 3.8) is 0 Å². The van der Waals surface area contributed by atoms with Crippen molar-refractivity contribution in [2.24, 2.45) is 0 Å². The third kappa shape index (κ3) is 4.60. The summed E-state index contributed by atoms with van der Waals surface area (Å²) in [5.41, 5.74) is 5.08. The molecule has 0 aliphatic rings. The Kier molecular flexibility index (Phi) is 5.55. The number of carbonyl (C=O) groups is 1. The van der Waals surface area contributed by atoms with Crippen LogP contribution in [0.4, 0.5) is 10.5 Å². The van der Waals surface area contributed by atoms with Crippen molar-refractivity contribution >= 4 is 11.7 Å². The number of amides is 2. The van der Waals surface area contributed by atoms with Gasteiger partial charge in [-0.05, 0) is 43.0 Å². The van der Waals surface area contributed by atoms with E-state index in [0.29, 0.717) is 6.54 Å². The van der Waals surface area contributed by atoms with Crippen molar-refractivity contribution < 1.29 is 9.90 Å². The van der Waals surface area contributed by atoms with E-state index < -0.39 is 0 Å². The smallest absolute Gasteiger partial charge is 0.319 e. The van der Waals surface area contributed by atoms with Crippen molar-refractivity contribution in [2.75, 3.05) is 11.9 Å². The number of benzene rings is 2. The molecule has 2 rings (SSSR count). The van der Waals surface area contributed by atoms with Crippen molar-refractivity contribution in [3.05, 3.63) is 64.7 Å². The third-order valence-electron chi connectivity index (χ3n) is 3.53. The van der Waals surface area contributed by atoms with Crippen LogP contribution in [-0.2, 0) is 13.0 Å². The van der Waals surface area contributed by atoms with Gasteiger partial charge in [-0.2, -0.15) is 0 Å². The van der Waals surface area contributed by atoms with Crippen molar-refractivity contribution in [1.29, 1.82) is 0 Å². The molecule has 22 heavy (non-hydrogen) atoms. The van der Waals surface area contributed by atoms with Crippen LogP contribution in [0.5, 0.6) is 0 Å². The molecule has 0 unspecified atom stereocenters. The van der Waals surface area contributed by atoms with Gasteiger partial charge in [-0.1, -0.05) is 42.0 Å². The molecule has 4 heteroatoms. The lowest BCUT2D eigenvalue weighted by Crippen LogP contribution is -2.30. The van der Waals surface area contributed by atoms with Crippen LogP contribution in [0, 0.1) is 13.8 Å². The van der Waals surface area contributed by atoms with Gasteiger partial charge >= 0.3 is 6.03 Å². The minimum absolute atomic E-state index is 0.0524. The number of hydrogen-bond donors (Lipinski definition) is 3. The molecule has 2 aromatic rings. The zero-order chi connectivity index (χ0) is 15.9. The lowest BCUT2D eigenvalue weighted by Gasteiger charge is -2.10. The number of hydrogen-bond acceptors (Lipinski definition) is 2. The van der Waals surface area contributed by atoms with Crippen molar-refractivity contribution in [2.45, 2.75) is 26.9 Å². The summed E-state index contributed by atoms with van der Waals surface area (Å²) in [6.07, 6.45) is 0.756. The summed E-state index contributed by atoms with van der Waals surface area (Å²) in [6, 6.07) is 13.5. The predicted molar refractivity (Wildman–Crippen MR) is 89.0 cm³/mol. The molecule has 0 fully saturated rings. The fourth-order valence-corrected chi connectivity index (χ4v) is 2.25. The molecule has 0 aliphatic heterocycles. The van der Waals surface area contributed by atoms with E-state index in [2.05, 4.69) is 10.6 Å². The van der Waals surface area contributed by atoms with Gasteiger partial charge in [0.2, 0.25) is 0 Å². The highest BCUT2D eigenvalue weighted by Gasteiger charge is 2.04. The quantitative estimate of drug-likeness (QED) is 0.794. The average Bonchev–Trinajstić information content (AvgIpc) is 2.51. The molecule has 0 heterocycles. The molecule has 4 nitrogen and oxygen atoms in total. The monoisotopic (exact) mass is 298 g/mol. The molecule has 0 saturated heterocycles. The van der Waals surface area contributed by atoms with Crippen LogP contribution in [0.2, 0.25) is 0 Å². The second-order valence-corrected chi connectivity index (χ2v) is 5.42. The maximum atomic E-state index is 11.9. The SMILES string of the molecule is Cc1ccc(NC(=O)NCCc2ccc(CO)cc2)c(C)c1. The standard InChI is InChI=1S/C18H22N2O2/c1-13-3-8-17(14(2)11-13)20-18(22)19-10-9-15-4-6-16(12-21)7-5-15/h3-8,11,21H,9-10,12H2,1-2H3,(H2,19,20,22). The summed E-state index contributed by atoms with van der Waals surface area (Å²) in [5, 5.41) is 14.7. The maximum Gasteiger partial charge on any atom is 0.319 e. The molecule has 3 N–H and O–H groups in total. The highest BCUT2D eigenvalue weighted by molar-refractivity contribution is 5.90. The third-order valence-corrected chi connectivity index (χ3v) is 3.53. The Balaban J connectivity index is 1.79. The van der Waals surface area contributed by atoms with E-state index >= 15 is 0 Å². The first-order valence-electron chi connectivity index (χ1n) is 7.39. The van der Waals surface area contributed by atoms with E-state index in [1.165, 1.54) is 5.56 Å². The number of aliphatic hydroxyl groups is 1. The van der Waals surface area contributed by atoms with Gasteiger partial charge in [-0.3, -0.25) is 0 Å². The first kappa shape index (κ1) is 16.0. The van der Waals surface area contributed by atoms with Gasteiger partial charge < -0.3 is 15.7 Å². The Hall–Kier alpha value is -2.33. The molecular weight excluding hydrogens is 276 g/mol. The highest BCUT2D eigenvalue weighted by atomic mass is 16.3. The molecule has 2 amide bonds. The largest absolute Gasteiger partial charge is 0.392 e. The normalized spacial score (nSPS) is 10.3. The number of urea groups is 1. The molecule has 2 aromatic carbocycles. The average molecular weight is 298 g/mol. The molecule has 0 saturated carbocycles. The summed E-state index contributed by atoms with van der Waals surface area (Å²) in [6.45, 7) is 4.62. The zero-order valence-corrected chi connectivity index (χ0v) is 13.0. The molecule has 116 valence electrons. The van der Waals surface area contributed by atoms with E-state index in [9.17, 15) is 4.79 Å². The lowest BCUT2D eigenvalue weighted by molar-refractivity contribution is 0.252. The minimum atomic E-state index is -0.195. The number of rotatable bonds is 5. The summed E-state index contributed by atoms with van der Waals surface area (Å²) in [4.78, 5) is 11.9. The van der Waals surface area contributed by atoms with Gasteiger partial charge in [-0.25, -0.2) is 4.79 Å². The van der Waals surface area contributed by atoms with Crippen LogP contribution in [0.25, 0.3) is 0 Å². The second-order valence-electron chi connectivity index (χ2n) is 5.42. The summed E-state index contributed by atoms with van der Waals surface area (Å²) >= 11 is 0. The topological polar surface area (TPSA) is 61.4 Å². The van der Waals surface area contributed by atoms with Gasteiger partial charge in [0, 0.05) is 12.2 Å². The number of carbonyl (C=O) groups excluding carboxylic acids is 1. The second kappa shape index (κ2) is 7.61.